The number of rotatable bonds is 2. The summed E-state index contributed by atoms with van der Waals surface area (Å²) in [6.45, 7) is 0. The first kappa shape index (κ1) is 11.7. The third-order valence-electron chi connectivity index (χ3n) is 2.75. The van der Waals surface area contributed by atoms with Gasteiger partial charge >= 0.3 is 0 Å². The molecule has 0 saturated heterocycles. The number of benzene rings is 1. The average Bonchev–Trinajstić information content (AvgIpc) is 2.84. The minimum atomic E-state index is -0.226. The Labute approximate surface area is 112 Å². The van der Waals surface area contributed by atoms with Gasteiger partial charge in [0.05, 0.1) is 30.3 Å². The molecule has 0 fully saturated rings. The van der Waals surface area contributed by atoms with Gasteiger partial charge in [0.25, 0.3) is 5.56 Å². The van der Waals surface area contributed by atoms with E-state index in [9.17, 15) is 4.79 Å². The van der Waals surface area contributed by atoms with Crippen LogP contribution in [-0.2, 0) is 0 Å². The molecule has 3 aromatic rings. The Kier molecular flexibility index (Phi) is 2.72. The third-order valence-corrected chi connectivity index (χ3v) is 3.05. The number of hydrogen-bond acceptors (Lipinski definition) is 4. The second kappa shape index (κ2) is 4.40. The fraction of sp³-hybridized carbons (Fsp3) is 0.0833. The van der Waals surface area contributed by atoms with Gasteiger partial charge in [-0.3, -0.25) is 4.79 Å². The van der Waals surface area contributed by atoms with Gasteiger partial charge in [-0.25, -0.2) is 9.67 Å². The van der Waals surface area contributed by atoms with Gasteiger partial charge in [-0.15, -0.1) is 0 Å². The molecule has 2 heterocycles. The van der Waals surface area contributed by atoms with Crippen molar-refractivity contribution in [3.05, 3.63) is 46.1 Å². The summed E-state index contributed by atoms with van der Waals surface area (Å²) >= 11 is 6.07. The molecule has 0 unspecified atom stereocenters. The average molecular weight is 277 g/mol. The quantitative estimate of drug-likeness (QED) is 0.774. The van der Waals surface area contributed by atoms with Crippen molar-refractivity contribution in [2.75, 3.05) is 7.11 Å². The lowest BCUT2D eigenvalue weighted by Gasteiger charge is -2.06. The fourth-order valence-electron chi connectivity index (χ4n) is 1.83. The van der Waals surface area contributed by atoms with Crippen LogP contribution in [0.5, 0.6) is 5.75 Å². The highest BCUT2D eigenvalue weighted by molar-refractivity contribution is 6.32. The minimum Gasteiger partial charge on any atom is -0.495 e. The van der Waals surface area contributed by atoms with Crippen LogP contribution >= 0.6 is 11.6 Å². The molecule has 19 heavy (non-hydrogen) atoms. The van der Waals surface area contributed by atoms with Gasteiger partial charge in [-0.05, 0) is 18.2 Å². The maximum absolute atomic E-state index is 11.6. The number of methoxy groups -OCH3 is 1. The van der Waals surface area contributed by atoms with Crippen LogP contribution in [0, 0.1) is 0 Å². The maximum atomic E-state index is 11.6. The molecule has 7 heteroatoms. The lowest BCUT2D eigenvalue weighted by atomic mass is 10.3. The van der Waals surface area contributed by atoms with Crippen molar-refractivity contribution in [3.8, 4) is 11.4 Å². The summed E-state index contributed by atoms with van der Waals surface area (Å²) in [6, 6.07) is 5.23. The van der Waals surface area contributed by atoms with Crippen LogP contribution in [-0.4, -0.2) is 26.9 Å². The van der Waals surface area contributed by atoms with Crippen molar-refractivity contribution in [3.63, 3.8) is 0 Å². The second-order valence-electron chi connectivity index (χ2n) is 3.84. The molecule has 0 aliphatic carbocycles. The van der Waals surface area contributed by atoms with E-state index in [1.54, 1.807) is 30.0 Å². The first-order chi connectivity index (χ1) is 9.20. The van der Waals surface area contributed by atoms with Gasteiger partial charge in [0.15, 0.2) is 5.65 Å². The van der Waals surface area contributed by atoms with Gasteiger partial charge in [-0.2, -0.15) is 5.10 Å². The zero-order valence-electron chi connectivity index (χ0n) is 9.92. The molecule has 0 radical (unpaired) electrons. The molecular weight excluding hydrogens is 268 g/mol. The van der Waals surface area contributed by atoms with Crippen molar-refractivity contribution in [2.45, 2.75) is 0 Å². The van der Waals surface area contributed by atoms with E-state index in [-0.39, 0.29) is 5.56 Å². The molecule has 0 bridgehead atoms. The summed E-state index contributed by atoms with van der Waals surface area (Å²) < 4.78 is 6.64. The highest BCUT2D eigenvalue weighted by atomic mass is 35.5. The number of ether oxygens (including phenoxy) is 1. The highest BCUT2D eigenvalue weighted by Crippen LogP contribution is 2.27. The van der Waals surface area contributed by atoms with E-state index in [1.165, 1.54) is 12.5 Å². The van der Waals surface area contributed by atoms with Crippen LogP contribution in [0.1, 0.15) is 0 Å². The summed E-state index contributed by atoms with van der Waals surface area (Å²) in [5.41, 5.74) is 0.958. The largest absolute Gasteiger partial charge is 0.495 e. The standard InChI is InChI=1S/C12H9ClN4O2/c1-19-10-3-2-7(4-9(10)13)17-11-8(5-16-17)12(18)15-6-14-11/h2-6H,1H3,(H,14,15,18). The molecular formula is C12H9ClN4O2. The van der Waals surface area contributed by atoms with E-state index in [2.05, 4.69) is 15.1 Å². The van der Waals surface area contributed by atoms with E-state index in [1.807, 2.05) is 0 Å². The summed E-state index contributed by atoms with van der Waals surface area (Å²) in [4.78, 5) is 18.2. The number of aromatic nitrogens is 4. The Morgan fingerprint density at radius 2 is 2.26 bits per heavy atom. The van der Waals surface area contributed by atoms with Crippen molar-refractivity contribution in [1.82, 2.24) is 19.7 Å². The summed E-state index contributed by atoms with van der Waals surface area (Å²) in [5, 5.41) is 5.05. The molecule has 0 aliphatic heterocycles. The lowest BCUT2D eigenvalue weighted by molar-refractivity contribution is 0.415. The van der Waals surface area contributed by atoms with E-state index in [0.29, 0.717) is 27.5 Å². The molecule has 1 N–H and O–H groups in total. The van der Waals surface area contributed by atoms with Gasteiger partial charge in [0, 0.05) is 0 Å². The van der Waals surface area contributed by atoms with Crippen LogP contribution in [0.25, 0.3) is 16.7 Å². The van der Waals surface area contributed by atoms with E-state index >= 15 is 0 Å². The molecule has 0 spiro atoms. The van der Waals surface area contributed by atoms with Gasteiger partial charge in [0.2, 0.25) is 0 Å². The molecule has 2 aromatic heterocycles. The molecule has 0 amide bonds. The number of fused-ring (bicyclic) bond motifs is 1. The van der Waals surface area contributed by atoms with Crippen molar-refractivity contribution >= 4 is 22.6 Å². The van der Waals surface area contributed by atoms with Crippen molar-refractivity contribution in [2.24, 2.45) is 0 Å². The summed E-state index contributed by atoms with van der Waals surface area (Å²) in [5.74, 6) is 0.577. The predicted octanol–water partition coefficient (Wildman–Crippen LogP) is 1.77. The Morgan fingerprint density at radius 3 is 3.00 bits per heavy atom. The number of nitrogens with one attached hydrogen (secondary N) is 1. The molecule has 96 valence electrons. The van der Waals surface area contributed by atoms with Crippen LogP contribution in [0.2, 0.25) is 5.02 Å². The Balaban J connectivity index is 2.22. The summed E-state index contributed by atoms with van der Waals surface area (Å²) in [7, 11) is 1.55. The molecule has 6 nitrogen and oxygen atoms in total. The first-order valence-electron chi connectivity index (χ1n) is 5.46. The number of nitrogens with zero attached hydrogens (tertiary/aromatic N) is 3. The topological polar surface area (TPSA) is 72.8 Å². The minimum absolute atomic E-state index is 0.226. The van der Waals surface area contributed by atoms with Crippen LogP contribution in [0.15, 0.2) is 35.5 Å². The van der Waals surface area contributed by atoms with Crippen molar-refractivity contribution < 1.29 is 4.74 Å². The normalized spacial score (nSPS) is 10.8. The maximum Gasteiger partial charge on any atom is 0.261 e. The molecule has 0 saturated carbocycles. The summed E-state index contributed by atoms with van der Waals surface area (Å²) in [6.07, 6.45) is 2.81. The number of halogens is 1. The number of hydrogen-bond donors (Lipinski definition) is 1. The Morgan fingerprint density at radius 1 is 1.42 bits per heavy atom. The Bertz CT molecular complexity index is 809. The molecule has 0 atom stereocenters. The molecule has 1 aromatic carbocycles. The first-order valence-corrected chi connectivity index (χ1v) is 5.84. The van der Waals surface area contributed by atoms with E-state index in [0.717, 1.165) is 0 Å². The zero-order chi connectivity index (χ0) is 13.4. The van der Waals surface area contributed by atoms with Crippen molar-refractivity contribution in [1.29, 1.82) is 0 Å². The van der Waals surface area contributed by atoms with Crippen LogP contribution in [0.3, 0.4) is 0 Å². The van der Waals surface area contributed by atoms with E-state index < -0.39 is 0 Å². The highest BCUT2D eigenvalue weighted by Gasteiger charge is 2.10. The van der Waals surface area contributed by atoms with Crippen LogP contribution in [0.4, 0.5) is 0 Å². The predicted molar refractivity (Wildman–Crippen MR) is 71.0 cm³/mol. The van der Waals surface area contributed by atoms with Gasteiger partial charge in [-0.1, -0.05) is 11.6 Å². The van der Waals surface area contributed by atoms with Gasteiger partial charge < -0.3 is 9.72 Å². The Hall–Kier alpha value is -2.34. The van der Waals surface area contributed by atoms with Crippen LogP contribution < -0.4 is 10.3 Å². The smallest absolute Gasteiger partial charge is 0.261 e. The zero-order valence-corrected chi connectivity index (χ0v) is 10.7. The SMILES string of the molecule is COc1ccc(-n2ncc3c(=O)[nH]cnc32)cc1Cl. The fourth-order valence-corrected chi connectivity index (χ4v) is 2.08. The number of H-pyrrole nitrogens is 1. The lowest BCUT2D eigenvalue weighted by Crippen LogP contribution is -2.06. The second-order valence-corrected chi connectivity index (χ2v) is 4.25. The molecule has 3 rings (SSSR count). The van der Waals surface area contributed by atoms with E-state index in [4.69, 9.17) is 16.3 Å². The number of aromatic amines is 1. The van der Waals surface area contributed by atoms with Gasteiger partial charge in [0.1, 0.15) is 11.1 Å². The third kappa shape index (κ3) is 1.86. The molecule has 0 aliphatic rings. The monoisotopic (exact) mass is 276 g/mol.